The number of hydrogen-bond acceptors (Lipinski definition) is 7. The average molecular weight is 640 g/mol. The molecule has 3 aromatic heterocycles. The van der Waals surface area contributed by atoms with Crippen molar-refractivity contribution in [2.75, 3.05) is 19.1 Å². The summed E-state index contributed by atoms with van der Waals surface area (Å²) in [5, 5.41) is 0. The van der Waals surface area contributed by atoms with Crippen molar-refractivity contribution in [3.05, 3.63) is 126 Å². The highest BCUT2D eigenvalue weighted by atomic mass is 19.2. The molecule has 0 aliphatic carbocycles. The lowest BCUT2D eigenvalue weighted by atomic mass is 9.81. The summed E-state index contributed by atoms with van der Waals surface area (Å²) in [6, 6.07) is 15.0. The van der Waals surface area contributed by atoms with E-state index in [1.807, 2.05) is 76.7 Å². The third-order valence-corrected chi connectivity index (χ3v) is 8.01. The van der Waals surface area contributed by atoms with Crippen molar-refractivity contribution in [3.8, 4) is 22.9 Å². The van der Waals surface area contributed by atoms with Gasteiger partial charge in [-0.15, -0.1) is 0 Å². The van der Waals surface area contributed by atoms with Crippen LogP contribution in [0.25, 0.3) is 11.4 Å². The number of anilines is 3. The quantitative estimate of drug-likeness (QED) is 0.150. The first-order valence-electron chi connectivity index (χ1n) is 14.7. The van der Waals surface area contributed by atoms with Gasteiger partial charge in [0.25, 0.3) is 0 Å². The molecule has 9 nitrogen and oxygen atoms in total. The molecule has 12 heteroatoms. The van der Waals surface area contributed by atoms with Crippen molar-refractivity contribution in [2.24, 2.45) is 0 Å². The van der Waals surface area contributed by atoms with E-state index in [0.717, 1.165) is 34.9 Å². The maximum absolute atomic E-state index is 14.3. The van der Waals surface area contributed by atoms with Gasteiger partial charge in [-0.25, -0.2) is 33.1 Å². The summed E-state index contributed by atoms with van der Waals surface area (Å²) in [7, 11) is 3.17. The molecule has 0 unspecified atom stereocenters. The first kappa shape index (κ1) is 31.3. The highest BCUT2D eigenvalue weighted by Crippen LogP contribution is 2.40. The Bertz CT molecular complexity index is 1970. The molecule has 0 fully saturated rings. The van der Waals surface area contributed by atoms with Crippen LogP contribution in [0.15, 0.2) is 85.8 Å². The van der Waals surface area contributed by atoms with Crippen LogP contribution in [-0.2, 0) is 5.41 Å². The van der Waals surface area contributed by atoms with Crippen LogP contribution < -0.4 is 14.4 Å². The lowest BCUT2D eigenvalue weighted by Crippen LogP contribution is -2.23. The van der Waals surface area contributed by atoms with Crippen molar-refractivity contribution in [1.82, 2.24) is 29.1 Å². The molecule has 240 valence electrons. The maximum atomic E-state index is 14.3. The number of rotatable bonds is 9. The summed E-state index contributed by atoms with van der Waals surface area (Å²) in [5.74, 6) is -2.67. The second kappa shape index (κ2) is 12.3. The molecular formula is C35H32F3N7O2. The number of imidazole rings is 2. The monoisotopic (exact) mass is 639 g/mol. The van der Waals surface area contributed by atoms with Gasteiger partial charge < -0.3 is 18.6 Å². The SMILES string of the molecule is COc1cc(N(c2ccc(-n3cnc(C)c3)c(OC)c2)c2nccc(C(C)(C)c3cc(F)c(F)c(F)c3)n2)ccc1-n1cnc(C)c1. The molecule has 6 aromatic rings. The molecular weight excluding hydrogens is 607 g/mol. The summed E-state index contributed by atoms with van der Waals surface area (Å²) < 4.78 is 57.8. The maximum Gasteiger partial charge on any atom is 0.234 e. The number of ether oxygens (including phenoxy) is 2. The number of aromatic nitrogens is 6. The molecule has 3 heterocycles. The van der Waals surface area contributed by atoms with Crippen LogP contribution >= 0.6 is 0 Å². The smallest absolute Gasteiger partial charge is 0.234 e. The summed E-state index contributed by atoms with van der Waals surface area (Å²) in [6.07, 6.45) is 8.78. The van der Waals surface area contributed by atoms with Gasteiger partial charge in [-0.05, 0) is 61.9 Å². The number of halogens is 3. The van der Waals surface area contributed by atoms with Crippen molar-refractivity contribution in [3.63, 3.8) is 0 Å². The zero-order valence-corrected chi connectivity index (χ0v) is 26.7. The predicted octanol–water partition coefficient (Wildman–Crippen LogP) is 7.70. The molecule has 6 rings (SSSR count). The second-order valence-corrected chi connectivity index (χ2v) is 11.5. The minimum atomic E-state index is -1.52. The molecule has 0 amide bonds. The van der Waals surface area contributed by atoms with Crippen molar-refractivity contribution in [2.45, 2.75) is 33.1 Å². The molecule has 0 spiro atoms. The first-order chi connectivity index (χ1) is 22.5. The van der Waals surface area contributed by atoms with E-state index in [1.165, 1.54) is 0 Å². The number of nitrogens with zero attached hydrogens (tertiary/aromatic N) is 7. The van der Waals surface area contributed by atoms with Gasteiger partial charge in [0.05, 0.1) is 66.7 Å². The molecule has 0 bridgehead atoms. The van der Waals surface area contributed by atoms with Crippen LogP contribution in [-0.4, -0.2) is 43.3 Å². The van der Waals surface area contributed by atoms with Gasteiger partial charge in [-0.1, -0.05) is 13.8 Å². The molecule has 0 radical (unpaired) electrons. The fourth-order valence-corrected chi connectivity index (χ4v) is 5.39. The standard InChI is InChI=1S/C35H32F3N7O2/c1-21-17-43(19-40-21)28-9-7-24(15-30(28)46-5)45(25-8-10-29(31(16-25)47-6)44-18-22(2)41-20-44)34-39-12-11-32(42-34)35(3,4)23-13-26(36)33(38)27(37)14-23/h7-20H,1-6H3. The average Bonchev–Trinajstić information content (AvgIpc) is 3.71. The molecule has 0 atom stereocenters. The number of benzene rings is 3. The van der Waals surface area contributed by atoms with Gasteiger partial charge in [0.1, 0.15) is 11.5 Å². The van der Waals surface area contributed by atoms with E-state index in [4.69, 9.17) is 14.5 Å². The Kier molecular flexibility index (Phi) is 8.18. The van der Waals surface area contributed by atoms with Gasteiger partial charge in [0.15, 0.2) is 17.5 Å². The molecule has 3 aromatic carbocycles. The molecule has 0 saturated carbocycles. The number of methoxy groups -OCH3 is 2. The van der Waals surface area contributed by atoms with Gasteiger partial charge in [0.2, 0.25) is 5.95 Å². The Balaban J connectivity index is 1.52. The van der Waals surface area contributed by atoms with Gasteiger partial charge in [-0.3, -0.25) is 4.90 Å². The van der Waals surface area contributed by atoms with E-state index < -0.39 is 22.9 Å². The minimum Gasteiger partial charge on any atom is -0.494 e. The van der Waals surface area contributed by atoms with Gasteiger partial charge in [-0.2, -0.15) is 0 Å². The molecule has 47 heavy (non-hydrogen) atoms. The third kappa shape index (κ3) is 5.89. The fourth-order valence-electron chi connectivity index (χ4n) is 5.39. The van der Waals surface area contributed by atoms with E-state index in [1.54, 1.807) is 53.0 Å². The van der Waals surface area contributed by atoms with E-state index in [2.05, 4.69) is 15.0 Å². The summed E-state index contributed by atoms with van der Waals surface area (Å²) in [6.45, 7) is 7.32. The first-order valence-corrected chi connectivity index (χ1v) is 14.7. The highest BCUT2D eigenvalue weighted by molar-refractivity contribution is 5.77. The van der Waals surface area contributed by atoms with Gasteiger partial charge >= 0.3 is 0 Å². The second-order valence-electron chi connectivity index (χ2n) is 11.5. The zero-order chi connectivity index (χ0) is 33.5. The van der Waals surface area contributed by atoms with Crippen LogP contribution in [0.5, 0.6) is 11.5 Å². The minimum absolute atomic E-state index is 0.216. The summed E-state index contributed by atoms with van der Waals surface area (Å²) in [4.78, 5) is 20.0. The Labute approximate surface area is 269 Å². The number of hydrogen-bond donors (Lipinski definition) is 0. The lowest BCUT2D eigenvalue weighted by Gasteiger charge is -2.28. The molecule has 0 aliphatic rings. The van der Waals surface area contributed by atoms with Crippen LogP contribution in [0, 0.1) is 31.3 Å². The van der Waals surface area contributed by atoms with E-state index in [0.29, 0.717) is 28.6 Å². The van der Waals surface area contributed by atoms with E-state index in [9.17, 15) is 13.2 Å². The van der Waals surface area contributed by atoms with Crippen LogP contribution in [0.2, 0.25) is 0 Å². The molecule has 0 saturated heterocycles. The summed E-state index contributed by atoms with van der Waals surface area (Å²) >= 11 is 0. The zero-order valence-electron chi connectivity index (χ0n) is 26.7. The molecule has 0 N–H and O–H groups in total. The Morgan fingerprint density at radius 3 is 1.66 bits per heavy atom. The topological polar surface area (TPSA) is 83.1 Å². The van der Waals surface area contributed by atoms with E-state index >= 15 is 0 Å². The van der Waals surface area contributed by atoms with Crippen LogP contribution in [0.3, 0.4) is 0 Å². The predicted molar refractivity (Wildman–Crippen MR) is 172 cm³/mol. The lowest BCUT2D eigenvalue weighted by molar-refractivity contribution is 0.412. The van der Waals surface area contributed by atoms with Gasteiger partial charge in [0, 0.05) is 36.1 Å². The number of aryl methyl sites for hydroxylation is 2. The van der Waals surface area contributed by atoms with E-state index in [-0.39, 0.29) is 11.5 Å². The Morgan fingerprint density at radius 1 is 0.702 bits per heavy atom. The van der Waals surface area contributed by atoms with Crippen LogP contribution in [0.4, 0.5) is 30.5 Å². The normalized spacial score (nSPS) is 11.5. The Morgan fingerprint density at radius 2 is 1.21 bits per heavy atom. The van der Waals surface area contributed by atoms with Crippen molar-refractivity contribution >= 4 is 17.3 Å². The summed E-state index contributed by atoms with van der Waals surface area (Å²) in [5.41, 5.74) is 4.21. The largest absolute Gasteiger partial charge is 0.494 e. The molecule has 0 aliphatic heterocycles. The highest BCUT2D eigenvalue weighted by Gasteiger charge is 2.29. The Hall–Kier alpha value is -5.65. The van der Waals surface area contributed by atoms with Crippen LogP contribution in [0.1, 0.15) is 36.5 Å². The third-order valence-electron chi connectivity index (χ3n) is 8.01. The van der Waals surface area contributed by atoms with Crippen molar-refractivity contribution < 1.29 is 22.6 Å². The van der Waals surface area contributed by atoms with Crippen molar-refractivity contribution in [1.29, 1.82) is 0 Å². The fraction of sp³-hybridized carbons (Fsp3) is 0.200.